The van der Waals surface area contributed by atoms with Crippen molar-refractivity contribution in [2.75, 3.05) is 33.8 Å². The Bertz CT molecular complexity index is 205. The summed E-state index contributed by atoms with van der Waals surface area (Å²) in [6.45, 7) is 8.33. The van der Waals surface area contributed by atoms with Crippen molar-refractivity contribution in [3.63, 3.8) is 0 Å². The highest BCUT2D eigenvalue weighted by Crippen LogP contribution is 2.14. The third-order valence-electron chi connectivity index (χ3n) is 2.44. The van der Waals surface area contributed by atoms with Gasteiger partial charge in [-0.2, -0.15) is 0 Å². The van der Waals surface area contributed by atoms with Gasteiger partial charge in [0.2, 0.25) is 0 Å². The Morgan fingerprint density at radius 1 is 1.53 bits per heavy atom. The number of hydrogen-bond donors (Lipinski definition) is 1. The van der Waals surface area contributed by atoms with E-state index in [0.717, 1.165) is 6.54 Å². The van der Waals surface area contributed by atoms with Gasteiger partial charge in [-0.3, -0.25) is 4.79 Å². The molecule has 0 heterocycles. The fraction of sp³-hybridized carbons (Fsp3) is 0.909. The van der Waals surface area contributed by atoms with Gasteiger partial charge in [-0.15, -0.1) is 0 Å². The normalized spacial score (nSPS) is 14.1. The number of nitrogens with zero attached hydrogens (tertiary/aromatic N) is 1. The first-order valence-electron chi connectivity index (χ1n) is 5.29. The minimum Gasteiger partial charge on any atom is -0.469 e. The molecule has 0 saturated heterocycles. The monoisotopic (exact) mass is 216 g/mol. The fourth-order valence-electron chi connectivity index (χ4n) is 1.60. The summed E-state index contributed by atoms with van der Waals surface area (Å²) in [4.78, 5) is 13.3. The van der Waals surface area contributed by atoms with Crippen LogP contribution < -0.4 is 5.73 Å². The highest BCUT2D eigenvalue weighted by Gasteiger charge is 2.21. The number of nitrogens with two attached hydrogens (primary N) is 1. The molecule has 0 spiro atoms. The molecule has 0 saturated carbocycles. The maximum absolute atomic E-state index is 11.2. The summed E-state index contributed by atoms with van der Waals surface area (Å²) >= 11 is 0. The van der Waals surface area contributed by atoms with Crippen LogP contribution in [0.4, 0.5) is 0 Å². The second-order valence-electron chi connectivity index (χ2n) is 4.99. The minimum atomic E-state index is -0.160. The van der Waals surface area contributed by atoms with E-state index in [1.54, 1.807) is 0 Å². The van der Waals surface area contributed by atoms with E-state index in [4.69, 9.17) is 5.73 Å². The van der Waals surface area contributed by atoms with E-state index >= 15 is 0 Å². The zero-order valence-corrected chi connectivity index (χ0v) is 10.5. The molecular formula is C11H24N2O2. The van der Waals surface area contributed by atoms with E-state index < -0.39 is 0 Å². The molecule has 0 aliphatic heterocycles. The number of rotatable bonds is 6. The maximum atomic E-state index is 11.2. The van der Waals surface area contributed by atoms with Crippen LogP contribution in [-0.4, -0.2) is 44.7 Å². The average molecular weight is 216 g/mol. The largest absolute Gasteiger partial charge is 0.469 e. The van der Waals surface area contributed by atoms with Crippen molar-refractivity contribution < 1.29 is 9.53 Å². The molecule has 0 aliphatic rings. The molecule has 0 fully saturated rings. The molecule has 0 aromatic carbocycles. The maximum Gasteiger partial charge on any atom is 0.309 e. The van der Waals surface area contributed by atoms with E-state index in [2.05, 4.69) is 23.5 Å². The number of ether oxygens (including phenoxy) is 1. The summed E-state index contributed by atoms with van der Waals surface area (Å²) < 4.78 is 4.68. The first-order valence-corrected chi connectivity index (χ1v) is 5.29. The zero-order chi connectivity index (χ0) is 12.1. The van der Waals surface area contributed by atoms with Gasteiger partial charge in [-0.05, 0) is 19.0 Å². The first kappa shape index (κ1) is 14.4. The fourth-order valence-corrected chi connectivity index (χ4v) is 1.60. The molecule has 4 nitrogen and oxygen atoms in total. The SMILES string of the molecule is COC(=O)C(C)CN(C)CC(C)(C)CN. The Kier molecular flexibility index (Phi) is 5.83. The van der Waals surface area contributed by atoms with Crippen molar-refractivity contribution in [3.8, 4) is 0 Å². The van der Waals surface area contributed by atoms with Gasteiger partial charge >= 0.3 is 5.97 Å². The van der Waals surface area contributed by atoms with Crippen LogP contribution in [0.3, 0.4) is 0 Å². The number of carbonyl (C=O) groups excluding carboxylic acids is 1. The molecule has 4 heteroatoms. The molecule has 0 aromatic rings. The summed E-state index contributed by atoms with van der Waals surface area (Å²) in [5.41, 5.74) is 5.74. The van der Waals surface area contributed by atoms with Crippen LogP contribution in [0.5, 0.6) is 0 Å². The van der Waals surface area contributed by atoms with Gasteiger partial charge in [0.1, 0.15) is 0 Å². The summed E-state index contributed by atoms with van der Waals surface area (Å²) in [5, 5.41) is 0. The molecule has 1 atom stereocenters. The topological polar surface area (TPSA) is 55.6 Å². The van der Waals surface area contributed by atoms with Crippen molar-refractivity contribution in [2.24, 2.45) is 17.1 Å². The van der Waals surface area contributed by atoms with Crippen LogP contribution in [0.25, 0.3) is 0 Å². The van der Waals surface area contributed by atoms with Gasteiger partial charge in [0.15, 0.2) is 0 Å². The molecule has 0 aromatic heterocycles. The van der Waals surface area contributed by atoms with Crippen LogP contribution in [0, 0.1) is 11.3 Å². The predicted molar refractivity (Wildman–Crippen MR) is 61.5 cm³/mol. The lowest BCUT2D eigenvalue weighted by Gasteiger charge is -2.30. The minimum absolute atomic E-state index is 0.0879. The molecule has 0 amide bonds. The molecule has 1 unspecified atom stereocenters. The molecule has 0 rings (SSSR count). The van der Waals surface area contributed by atoms with Gasteiger partial charge in [0, 0.05) is 13.1 Å². The van der Waals surface area contributed by atoms with E-state index in [-0.39, 0.29) is 17.3 Å². The highest BCUT2D eigenvalue weighted by molar-refractivity contribution is 5.72. The van der Waals surface area contributed by atoms with Crippen molar-refractivity contribution in [2.45, 2.75) is 20.8 Å². The smallest absolute Gasteiger partial charge is 0.309 e. The lowest BCUT2D eigenvalue weighted by Crippen LogP contribution is -2.39. The van der Waals surface area contributed by atoms with Gasteiger partial charge in [-0.25, -0.2) is 0 Å². The van der Waals surface area contributed by atoms with E-state index in [9.17, 15) is 4.79 Å². The number of carbonyl (C=O) groups is 1. The summed E-state index contributed by atoms with van der Waals surface area (Å²) in [5.74, 6) is -0.249. The van der Waals surface area contributed by atoms with Crippen LogP contribution in [0.1, 0.15) is 20.8 Å². The molecular weight excluding hydrogens is 192 g/mol. The van der Waals surface area contributed by atoms with Crippen molar-refractivity contribution >= 4 is 5.97 Å². The van der Waals surface area contributed by atoms with Crippen LogP contribution in [0.2, 0.25) is 0 Å². The van der Waals surface area contributed by atoms with E-state index in [1.807, 2.05) is 14.0 Å². The average Bonchev–Trinajstić information content (AvgIpc) is 2.15. The quantitative estimate of drug-likeness (QED) is 0.664. The molecule has 0 aliphatic carbocycles. The van der Waals surface area contributed by atoms with Gasteiger partial charge in [0.25, 0.3) is 0 Å². The van der Waals surface area contributed by atoms with Crippen molar-refractivity contribution in [3.05, 3.63) is 0 Å². The zero-order valence-electron chi connectivity index (χ0n) is 10.5. The van der Waals surface area contributed by atoms with Crippen LogP contribution >= 0.6 is 0 Å². The number of esters is 1. The summed E-state index contributed by atoms with van der Waals surface area (Å²) in [6, 6.07) is 0. The standard InChI is InChI=1S/C11H24N2O2/c1-9(10(14)15-5)6-13(4)8-11(2,3)7-12/h9H,6-8,12H2,1-5H3. The van der Waals surface area contributed by atoms with Crippen molar-refractivity contribution in [1.82, 2.24) is 4.90 Å². The summed E-state index contributed by atoms with van der Waals surface area (Å²) in [7, 11) is 3.42. The molecule has 15 heavy (non-hydrogen) atoms. The highest BCUT2D eigenvalue weighted by atomic mass is 16.5. The van der Waals surface area contributed by atoms with Crippen LogP contribution in [-0.2, 0) is 9.53 Å². The Hall–Kier alpha value is -0.610. The molecule has 0 bridgehead atoms. The molecule has 90 valence electrons. The lowest BCUT2D eigenvalue weighted by molar-refractivity contribution is -0.145. The Morgan fingerprint density at radius 2 is 2.07 bits per heavy atom. The van der Waals surface area contributed by atoms with E-state index in [1.165, 1.54) is 7.11 Å². The Balaban J connectivity index is 4.03. The van der Waals surface area contributed by atoms with Crippen LogP contribution in [0.15, 0.2) is 0 Å². The predicted octanol–water partition coefficient (Wildman–Crippen LogP) is 0.712. The van der Waals surface area contributed by atoms with Gasteiger partial charge in [0.05, 0.1) is 13.0 Å². The Morgan fingerprint density at radius 3 is 2.47 bits per heavy atom. The second kappa shape index (κ2) is 6.08. The third kappa shape index (κ3) is 5.74. The number of methoxy groups -OCH3 is 1. The second-order valence-corrected chi connectivity index (χ2v) is 4.99. The molecule has 2 N–H and O–H groups in total. The number of hydrogen-bond acceptors (Lipinski definition) is 4. The van der Waals surface area contributed by atoms with Crippen molar-refractivity contribution in [1.29, 1.82) is 0 Å². The lowest BCUT2D eigenvalue weighted by atomic mass is 9.93. The third-order valence-corrected chi connectivity index (χ3v) is 2.44. The first-order chi connectivity index (χ1) is 6.82. The molecule has 0 radical (unpaired) electrons. The van der Waals surface area contributed by atoms with Gasteiger partial charge < -0.3 is 15.4 Å². The van der Waals surface area contributed by atoms with E-state index in [0.29, 0.717) is 13.1 Å². The summed E-state index contributed by atoms with van der Waals surface area (Å²) in [6.07, 6.45) is 0. The van der Waals surface area contributed by atoms with Gasteiger partial charge in [-0.1, -0.05) is 20.8 Å². The Labute approximate surface area is 92.8 Å².